The summed E-state index contributed by atoms with van der Waals surface area (Å²) in [6.07, 6.45) is 5.99. The number of halogens is 1. The second kappa shape index (κ2) is 8.85. The van der Waals surface area contributed by atoms with E-state index in [1.54, 1.807) is 18.2 Å². The van der Waals surface area contributed by atoms with E-state index >= 15 is 0 Å². The Balaban J connectivity index is 2.18. The van der Waals surface area contributed by atoms with Gasteiger partial charge in [-0.05, 0) is 30.5 Å². The van der Waals surface area contributed by atoms with Crippen LogP contribution in [0.15, 0.2) is 18.2 Å². The van der Waals surface area contributed by atoms with Crippen LogP contribution >= 0.6 is 11.6 Å². The minimum absolute atomic E-state index is 0.0888. The van der Waals surface area contributed by atoms with Gasteiger partial charge in [0.2, 0.25) is 0 Å². The van der Waals surface area contributed by atoms with Crippen LogP contribution in [-0.2, 0) is 0 Å². The average molecular weight is 297 g/mol. The molecule has 0 heterocycles. The molecule has 0 aliphatic carbocycles. The second-order valence-corrected chi connectivity index (χ2v) is 6.00. The highest BCUT2D eigenvalue weighted by molar-refractivity contribution is 6.33. The molecule has 1 amide bonds. The monoisotopic (exact) mass is 296 g/mol. The van der Waals surface area contributed by atoms with Crippen molar-refractivity contribution in [2.45, 2.75) is 46.0 Å². The Kier molecular flexibility index (Phi) is 7.45. The number of carbonyl (C=O) groups is 1. The van der Waals surface area contributed by atoms with Crippen LogP contribution in [-0.4, -0.2) is 12.5 Å². The van der Waals surface area contributed by atoms with Crippen molar-refractivity contribution in [2.75, 3.05) is 12.3 Å². The van der Waals surface area contributed by atoms with Crippen molar-refractivity contribution >= 4 is 23.2 Å². The summed E-state index contributed by atoms with van der Waals surface area (Å²) in [5, 5.41) is 3.33. The van der Waals surface area contributed by atoms with Crippen molar-refractivity contribution in [3.8, 4) is 0 Å². The second-order valence-electron chi connectivity index (χ2n) is 5.59. The average Bonchev–Trinajstić information content (AvgIpc) is 2.40. The summed E-state index contributed by atoms with van der Waals surface area (Å²) in [6.45, 7) is 5.21. The Hall–Kier alpha value is -1.22. The van der Waals surface area contributed by atoms with Gasteiger partial charge in [-0.25, -0.2) is 0 Å². The normalized spacial score (nSPS) is 10.8. The molecule has 0 saturated carbocycles. The van der Waals surface area contributed by atoms with Crippen molar-refractivity contribution in [1.82, 2.24) is 5.32 Å². The minimum atomic E-state index is -0.0888. The maximum Gasteiger partial charge on any atom is 0.251 e. The number of hydrogen-bond acceptors (Lipinski definition) is 2. The first-order valence-corrected chi connectivity index (χ1v) is 7.71. The van der Waals surface area contributed by atoms with E-state index in [2.05, 4.69) is 19.2 Å². The summed E-state index contributed by atoms with van der Waals surface area (Å²) in [7, 11) is 0. The van der Waals surface area contributed by atoms with E-state index in [1.807, 2.05) is 0 Å². The lowest BCUT2D eigenvalue weighted by Crippen LogP contribution is -2.24. The molecule has 0 aromatic heterocycles. The molecule has 1 aromatic carbocycles. The molecule has 0 bridgehead atoms. The molecule has 0 saturated heterocycles. The fourth-order valence-electron chi connectivity index (χ4n) is 2.00. The zero-order valence-electron chi connectivity index (χ0n) is 12.4. The summed E-state index contributed by atoms with van der Waals surface area (Å²) in [5.74, 6) is 0.694. The van der Waals surface area contributed by atoms with Crippen molar-refractivity contribution in [2.24, 2.45) is 5.92 Å². The summed E-state index contributed by atoms with van der Waals surface area (Å²) in [5.41, 5.74) is 6.67. The first kappa shape index (κ1) is 16.8. The Morgan fingerprint density at radius 2 is 1.95 bits per heavy atom. The van der Waals surface area contributed by atoms with Crippen LogP contribution in [0.25, 0.3) is 0 Å². The number of nitrogen functional groups attached to an aromatic ring is 1. The van der Waals surface area contributed by atoms with Gasteiger partial charge in [0.15, 0.2) is 0 Å². The molecule has 20 heavy (non-hydrogen) atoms. The molecule has 3 nitrogen and oxygen atoms in total. The van der Waals surface area contributed by atoms with Crippen LogP contribution in [0.2, 0.25) is 5.02 Å². The third-order valence-electron chi connectivity index (χ3n) is 3.26. The van der Waals surface area contributed by atoms with Gasteiger partial charge in [0.25, 0.3) is 5.91 Å². The molecule has 0 atom stereocenters. The molecule has 0 aliphatic heterocycles. The van der Waals surface area contributed by atoms with Crippen LogP contribution in [0, 0.1) is 5.92 Å². The van der Waals surface area contributed by atoms with Crippen molar-refractivity contribution < 1.29 is 4.79 Å². The highest BCUT2D eigenvalue weighted by atomic mass is 35.5. The highest BCUT2D eigenvalue weighted by Gasteiger charge is 2.06. The Bertz CT molecular complexity index is 432. The number of hydrogen-bond donors (Lipinski definition) is 2. The maximum absolute atomic E-state index is 11.9. The number of unbranched alkanes of at least 4 members (excludes halogenated alkanes) is 3. The largest absolute Gasteiger partial charge is 0.398 e. The van der Waals surface area contributed by atoms with Crippen LogP contribution in [0.1, 0.15) is 56.3 Å². The third-order valence-corrected chi connectivity index (χ3v) is 3.58. The summed E-state index contributed by atoms with van der Waals surface area (Å²) in [6, 6.07) is 4.96. The van der Waals surface area contributed by atoms with Crippen molar-refractivity contribution in [3.05, 3.63) is 28.8 Å². The zero-order chi connectivity index (χ0) is 15.0. The van der Waals surface area contributed by atoms with Crippen LogP contribution in [0.4, 0.5) is 5.69 Å². The van der Waals surface area contributed by atoms with E-state index in [9.17, 15) is 4.79 Å². The Morgan fingerprint density at radius 1 is 1.25 bits per heavy atom. The lowest BCUT2D eigenvalue weighted by molar-refractivity contribution is 0.0953. The van der Waals surface area contributed by atoms with Gasteiger partial charge in [0.1, 0.15) is 0 Å². The molecule has 1 aromatic rings. The molecule has 0 radical (unpaired) electrons. The zero-order valence-corrected chi connectivity index (χ0v) is 13.2. The topological polar surface area (TPSA) is 55.1 Å². The summed E-state index contributed by atoms with van der Waals surface area (Å²) < 4.78 is 0. The molecule has 0 fully saturated rings. The molecule has 3 N–H and O–H groups in total. The van der Waals surface area contributed by atoms with Crippen LogP contribution < -0.4 is 11.1 Å². The number of amides is 1. The fourth-order valence-corrected chi connectivity index (χ4v) is 2.18. The van der Waals surface area contributed by atoms with E-state index in [1.165, 1.54) is 19.3 Å². The van der Waals surface area contributed by atoms with Crippen molar-refractivity contribution in [3.63, 3.8) is 0 Å². The van der Waals surface area contributed by atoms with Gasteiger partial charge in [0.05, 0.1) is 10.7 Å². The maximum atomic E-state index is 11.9. The van der Waals surface area contributed by atoms with Crippen LogP contribution in [0.3, 0.4) is 0 Å². The van der Waals surface area contributed by atoms with Crippen LogP contribution in [0.5, 0.6) is 0 Å². The predicted molar refractivity (Wildman–Crippen MR) is 86.1 cm³/mol. The highest BCUT2D eigenvalue weighted by Crippen LogP contribution is 2.19. The standard InChI is InChI=1S/C16H25ClN2O/c1-12(2)7-5-3-4-6-10-19-16(20)13-8-9-15(18)14(17)11-13/h8-9,11-12H,3-7,10,18H2,1-2H3,(H,19,20). The first-order chi connectivity index (χ1) is 9.50. The minimum Gasteiger partial charge on any atom is -0.398 e. The molecule has 0 unspecified atom stereocenters. The van der Waals surface area contributed by atoms with E-state index in [4.69, 9.17) is 17.3 Å². The molecule has 0 spiro atoms. The van der Waals surface area contributed by atoms with Gasteiger partial charge < -0.3 is 11.1 Å². The summed E-state index contributed by atoms with van der Waals surface area (Å²) >= 11 is 5.90. The lowest BCUT2D eigenvalue weighted by atomic mass is 10.0. The van der Waals surface area contributed by atoms with E-state index in [0.29, 0.717) is 22.8 Å². The number of benzene rings is 1. The molecule has 1 rings (SSSR count). The van der Waals surface area contributed by atoms with Crippen molar-refractivity contribution in [1.29, 1.82) is 0 Å². The molecule has 4 heteroatoms. The summed E-state index contributed by atoms with van der Waals surface area (Å²) in [4.78, 5) is 11.9. The van der Waals surface area contributed by atoms with E-state index in [-0.39, 0.29) is 5.91 Å². The number of nitrogens with one attached hydrogen (secondary N) is 1. The van der Waals surface area contributed by atoms with Gasteiger partial charge in [-0.3, -0.25) is 4.79 Å². The number of nitrogens with two attached hydrogens (primary N) is 1. The third kappa shape index (κ3) is 6.29. The smallest absolute Gasteiger partial charge is 0.251 e. The SMILES string of the molecule is CC(C)CCCCCCNC(=O)c1ccc(N)c(Cl)c1. The Morgan fingerprint density at radius 3 is 2.60 bits per heavy atom. The lowest BCUT2D eigenvalue weighted by Gasteiger charge is -2.07. The number of anilines is 1. The quantitative estimate of drug-likeness (QED) is 0.556. The predicted octanol–water partition coefficient (Wildman–Crippen LogP) is 4.26. The van der Waals surface area contributed by atoms with Gasteiger partial charge in [0, 0.05) is 12.1 Å². The van der Waals surface area contributed by atoms with Gasteiger partial charge >= 0.3 is 0 Å². The first-order valence-electron chi connectivity index (χ1n) is 7.34. The molecular formula is C16H25ClN2O. The van der Waals surface area contributed by atoms with Gasteiger partial charge in [-0.1, -0.05) is 51.1 Å². The van der Waals surface area contributed by atoms with Gasteiger partial charge in [-0.15, -0.1) is 0 Å². The Labute approximate surface area is 126 Å². The molecule has 0 aliphatic rings. The number of carbonyl (C=O) groups excluding carboxylic acids is 1. The molecular weight excluding hydrogens is 272 g/mol. The molecule has 112 valence electrons. The fraction of sp³-hybridized carbons (Fsp3) is 0.562. The van der Waals surface area contributed by atoms with Gasteiger partial charge in [-0.2, -0.15) is 0 Å². The van der Waals surface area contributed by atoms with E-state index in [0.717, 1.165) is 18.8 Å². The number of rotatable bonds is 8. The van der Waals surface area contributed by atoms with E-state index < -0.39 is 0 Å².